The lowest BCUT2D eigenvalue weighted by Gasteiger charge is -2.08. The zero-order valence-electron chi connectivity index (χ0n) is 11.7. The maximum Gasteiger partial charge on any atom is 0.339 e. The molecule has 0 heterocycles. The Bertz CT molecular complexity index is 982. The molecule has 7 heteroatoms. The molecule has 0 aliphatic carbocycles. The molecule has 3 rings (SSSR count). The Balaban J connectivity index is 1.95. The third-order valence-corrected chi connectivity index (χ3v) is 5.14. The molecule has 0 saturated heterocycles. The van der Waals surface area contributed by atoms with Gasteiger partial charge in [-0.15, -0.1) is 0 Å². The predicted octanol–water partition coefficient (Wildman–Crippen LogP) is 3.19. The van der Waals surface area contributed by atoms with Crippen LogP contribution in [-0.2, 0) is 21.2 Å². The topological polar surface area (TPSA) is 80.7 Å². The van der Waals surface area contributed by atoms with E-state index in [1.165, 1.54) is 24.3 Å². The van der Waals surface area contributed by atoms with E-state index < -0.39 is 21.2 Å². The molecule has 1 atom stereocenters. The summed E-state index contributed by atoms with van der Waals surface area (Å²) in [7, 11) is -3.89. The maximum absolute atomic E-state index is 12.2. The minimum absolute atomic E-state index is 0.0751. The van der Waals surface area contributed by atoms with Crippen LogP contribution in [0.1, 0.15) is 0 Å². The fourth-order valence-corrected chi connectivity index (χ4v) is 3.48. The highest BCUT2D eigenvalue weighted by Crippen LogP contribution is 2.25. The molecule has 3 aromatic carbocycles. The van der Waals surface area contributed by atoms with E-state index in [2.05, 4.69) is 0 Å². The molecular weight excluding hydrogens is 336 g/mol. The van der Waals surface area contributed by atoms with Gasteiger partial charge in [-0.25, -0.2) is 4.21 Å². The maximum atomic E-state index is 12.2. The van der Waals surface area contributed by atoms with Gasteiger partial charge in [-0.05, 0) is 47.2 Å². The van der Waals surface area contributed by atoms with Crippen molar-refractivity contribution in [2.75, 3.05) is 0 Å². The molecule has 0 fully saturated rings. The lowest BCUT2D eigenvalue weighted by Crippen LogP contribution is -2.09. The molecule has 3 aromatic rings. The summed E-state index contributed by atoms with van der Waals surface area (Å²) in [6, 6.07) is 17.3. The zero-order chi connectivity index (χ0) is 16.4. The van der Waals surface area contributed by atoms with Gasteiger partial charge in [-0.3, -0.25) is 0 Å². The monoisotopic (exact) mass is 348 g/mol. The summed E-state index contributed by atoms with van der Waals surface area (Å²) in [6.45, 7) is 0. The van der Waals surface area contributed by atoms with Crippen molar-refractivity contribution in [3.05, 3.63) is 66.7 Å². The van der Waals surface area contributed by atoms with E-state index in [0.29, 0.717) is 10.8 Å². The lowest BCUT2D eigenvalue weighted by atomic mass is 10.1. The Hall–Kier alpha value is -2.22. The first kappa shape index (κ1) is 15.7. The Labute approximate surface area is 135 Å². The van der Waals surface area contributed by atoms with Crippen LogP contribution in [0, 0.1) is 0 Å². The summed E-state index contributed by atoms with van der Waals surface area (Å²) in [5, 5.41) is 1.43. The normalized spacial score (nSPS) is 12.9. The molecule has 0 radical (unpaired) electrons. The molecule has 5 nitrogen and oxygen atoms in total. The van der Waals surface area contributed by atoms with Crippen molar-refractivity contribution in [2.45, 2.75) is 9.79 Å². The Morgan fingerprint density at radius 1 is 0.870 bits per heavy atom. The van der Waals surface area contributed by atoms with Crippen molar-refractivity contribution < 1.29 is 21.4 Å². The molecule has 1 unspecified atom stereocenters. The lowest BCUT2D eigenvalue weighted by molar-refractivity contribution is 0.486. The molecule has 0 spiro atoms. The fourth-order valence-electron chi connectivity index (χ4n) is 2.12. The van der Waals surface area contributed by atoms with Gasteiger partial charge < -0.3 is 8.74 Å². The van der Waals surface area contributed by atoms with Crippen LogP contribution < -0.4 is 4.18 Å². The van der Waals surface area contributed by atoms with Gasteiger partial charge in [0.15, 0.2) is 11.1 Å². The Morgan fingerprint density at radius 2 is 1.52 bits per heavy atom. The summed E-state index contributed by atoms with van der Waals surface area (Å²) in [6.07, 6.45) is 0. The van der Waals surface area contributed by atoms with Gasteiger partial charge in [0.1, 0.15) is 10.6 Å². The molecular formula is C16H12O5S2. The van der Waals surface area contributed by atoms with Gasteiger partial charge in [0.05, 0.1) is 4.90 Å². The number of hydrogen-bond donors (Lipinski definition) is 1. The van der Waals surface area contributed by atoms with Crippen molar-refractivity contribution >= 4 is 32.0 Å². The standard InChI is InChI=1S/C16H12O5S2/c17-22(18)15-9-7-12-10-14(8-6-13(12)11-15)21-23(19,20)16-4-2-1-3-5-16/h1-11H,(H,17,18). The summed E-state index contributed by atoms with van der Waals surface area (Å²) < 4.78 is 49.7. The van der Waals surface area contributed by atoms with Crippen molar-refractivity contribution in [1.82, 2.24) is 0 Å². The van der Waals surface area contributed by atoms with Gasteiger partial charge in [0, 0.05) is 0 Å². The number of rotatable bonds is 4. The Morgan fingerprint density at radius 3 is 2.22 bits per heavy atom. The van der Waals surface area contributed by atoms with Crippen LogP contribution >= 0.6 is 0 Å². The van der Waals surface area contributed by atoms with Gasteiger partial charge in [-0.2, -0.15) is 8.42 Å². The minimum atomic E-state index is -3.89. The molecule has 0 bridgehead atoms. The molecule has 23 heavy (non-hydrogen) atoms. The third kappa shape index (κ3) is 3.42. The number of fused-ring (bicyclic) bond motifs is 1. The number of hydrogen-bond acceptors (Lipinski definition) is 4. The van der Waals surface area contributed by atoms with Crippen LogP contribution in [0.15, 0.2) is 76.5 Å². The smallest absolute Gasteiger partial charge is 0.339 e. The first-order valence-electron chi connectivity index (χ1n) is 6.60. The summed E-state index contributed by atoms with van der Waals surface area (Å²) in [5.41, 5.74) is 0. The first-order valence-corrected chi connectivity index (χ1v) is 9.11. The van der Waals surface area contributed by atoms with Crippen LogP contribution in [-0.4, -0.2) is 17.2 Å². The van der Waals surface area contributed by atoms with E-state index in [1.54, 1.807) is 42.5 Å². The van der Waals surface area contributed by atoms with Gasteiger partial charge in [-0.1, -0.05) is 30.3 Å². The molecule has 0 saturated carbocycles. The van der Waals surface area contributed by atoms with Crippen molar-refractivity contribution in [1.29, 1.82) is 0 Å². The fraction of sp³-hybridized carbons (Fsp3) is 0. The van der Waals surface area contributed by atoms with Crippen LogP contribution in [0.2, 0.25) is 0 Å². The SMILES string of the molecule is O=S(O)c1ccc2cc(OS(=O)(=O)c3ccccc3)ccc2c1. The summed E-state index contributed by atoms with van der Waals surface area (Å²) in [4.78, 5) is 0.356. The van der Waals surface area contributed by atoms with Gasteiger partial charge in [0.25, 0.3) is 0 Å². The van der Waals surface area contributed by atoms with E-state index in [1.807, 2.05) is 0 Å². The highest BCUT2D eigenvalue weighted by Gasteiger charge is 2.16. The molecule has 0 aromatic heterocycles. The molecule has 1 N–H and O–H groups in total. The molecule has 0 aliphatic heterocycles. The largest absolute Gasteiger partial charge is 0.379 e. The van der Waals surface area contributed by atoms with Crippen molar-refractivity contribution in [2.24, 2.45) is 0 Å². The van der Waals surface area contributed by atoms with Crippen molar-refractivity contribution in [3.8, 4) is 5.75 Å². The summed E-state index contributed by atoms with van der Waals surface area (Å²) in [5.74, 6) is 0.180. The number of benzene rings is 3. The molecule has 0 aliphatic rings. The second-order valence-corrected chi connectivity index (χ2v) is 7.29. The van der Waals surface area contributed by atoms with Gasteiger partial charge >= 0.3 is 10.1 Å². The molecule has 118 valence electrons. The highest BCUT2D eigenvalue weighted by molar-refractivity contribution is 7.87. The molecule has 0 amide bonds. The summed E-state index contributed by atoms with van der Waals surface area (Å²) >= 11 is -2.06. The van der Waals surface area contributed by atoms with Gasteiger partial charge in [0.2, 0.25) is 0 Å². The van der Waals surface area contributed by atoms with E-state index in [4.69, 9.17) is 8.74 Å². The van der Waals surface area contributed by atoms with Crippen LogP contribution in [0.5, 0.6) is 5.75 Å². The second-order valence-electron chi connectivity index (χ2n) is 4.77. The van der Waals surface area contributed by atoms with Crippen LogP contribution in [0.3, 0.4) is 0 Å². The van der Waals surface area contributed by atoms with Crippen LogP contribution in [0.4, 0.5) is 0 Å². The average molecular weight is 348 g/mol. The van der Waals surface area contributed by atoms with E-state index in [-0.39, 0.29) is 15.5 Å². The third-order valence-electron chi connectivity index (χ3n) is 3.22. The first-order chi connectivity index (χ1) is 11.0. The predicted molar refractivity (Wildman–Crippen MR) is 87.2 cm³/mol. The van der Waals surface area contributed by atoms with E-state index in [0.717, 1.165) is 0 Å². The van der Waals surface area contributed by atoms with E-state index in [9.17, 15) is 12.6 Å². The zero-order valence-corrected chi connectivity index (χ0v) is 13.4. The van der Waals surface area contributed by atoms with Crippen molar-refractivity contribution in [3.63, 3.8) is 0 Å². The average Bonchev–Trinajstić information content (AvgIpc) is 2.54. The highest BCUT2D eigenvalue weighted by atomic mass is 32.2. The second kappa shape index (κ2) is 6.11. The van der Waals surface area contributed by atoms with E-state index >= 15 is 0 Å². The van der Waals surface area contributed by atoms with Crippen LogP contribution in [0.25, 0.3) is 10.8 Å². The quantitative estimate of drug-likeness (QED) is 0.578. The minimum Gasteiger partial charge on any atom is -0.379 e. The Kier molecular flexibility index (Phi) is 4.16.